The molecule has 2 heterocycles. The average Bonchev–Trinajstić information content (AvgIpc) is 2.27. The first kappa shape index (κ1) is 12.1. The number of nitrogen functional groups attached to an aromatic ring is 1. The number of halogens is 1. The summed E-state index contributed by atoms with van der Waals surface area (Å²) in [5, 5.41) is 0.468. The van der Waals surface area contributed by atoms with E-state index < -0.39 is 0 Å². The van der Waals surface area contributed by atoms with Crippen molar-refractivity contribution in [3.63, 3.8) is 0 Å². The first-order chi connectivity index (χ1) is 8.15. The third kappa shape index (κ3) is 3.31. The molecule has 2 aromatic rings. The van der Waals surface area contributed by atoms with Gasteiger partial charge in [0.25, 0.3) is 0 Å². The van der Waals surface area contributed by atoms with Crippen molar-refractivity contribution >= 4 is 29.1 Å². The van der Waals surface area contributed by atoms with E-state index in [1.54, 1.807) is 30.2 Å². The Morgan fingerprint density at radius 3 is 2.94 bits per heavy atom. The highest BCUT2D eigenvalue weighted by Crippen LogP contribution is 2.26. The van der Waals surface area contributed by atoms with E-state index in [0.29, 0.717) is 22.4 Å². The molecule has 4 nitrogen and oxygen atoms in total. The molecule has 0 radical (unpaired) electrons. The Kier molecular flexibility index (Phi) is 3.81. The van der Waals surface area contributed by atoms with Crippen molar-refractivity contribution in [1.82, 2.24) is 15.0 Å². The number of thioether (sulfide) groups is 1. The van der Waals surface area contributed by atoms with Gasteiger partial charge in [-0.2, -0.15) is 0 Å². The fourth-order valence-electron chi connectivity index (χ4n) is 1.32. The first-order valence-electron chi connectivity index (χ1n) is 4.97. The molecule has 2 aromatic heterocycles. The van der Waals surface area contributed by atoms with Gasteiger partial charge >= 0.3 is 0 Å². The lowest BCUT2D eigenvalue weighted by atomic mass is 10.4. The van der Waals surface area contributed by atoms with E-state index in [4.69, 9.17) is 17.3 Å². The van der Waals surface area contributed by atoms with Gasteiger partial charge in [-0.05, 0) is 19.1 Å². The smallest absolute Gasteiger partial charge is 0.140 e. The van der Waals surface area contributed by atoms with Crippen LogP contribution in [0.25, 0.3) is 0 Å². The van der Waals surface area contributed by atoms with Crippen molar-refractivity contribution in [3.05, 3.63) is 41.2 Å². The zero-order chi connectivity index (χ0) is 12.3. The number of nitrogens with zero attached hydrogens (tertiary/aromatic N) is 3. The summed E-state index contributed by atoms with van der Waals surface area (Å²) in [5.41, 5.74) is 7.32. The topological polar surface area (TPSA) is 64.7 Å². The van der Waals surface area contributed by atoms with E-state index in [1.807, 2.05) is 13.0 Å². The molecule has 0 aliphatic heterocycles. The zero-order valence-electron chi connectivity index (χ0n) is 9.22. The molecule has 0 saturated carbocycles. The van der Waals surface area contributed by atoms with Crippen molar-refractivity contribution in [1.29, 1.82) is 0 Å². The van der Waals surface area contributed by atoms with Gasteiger partial charge in [-0.25, -0.2) is 9.97 Å². The molecule has 0 unspecified atom stereocenters. The van der Waals surface area contributed by atoms with Crippen molar-refractivity contribution in [3.8, 4) is 0 Å². The maximum atomic E-state index is 5.87. The highest BCUT2D eigenvalue weighted by atomic mass is 35.5. The number of hydrogen-bond acceptors (Lipinski definition) is 5. The Bertz CT molecular complexity index is 512. The molecule has 0 amide bonds. The normalized spacial score (nSPS) is 10.5. The maximum absolute atomic E-state index is 5.87. The van der Waals surface area contributed by atoms with E-state index in [9.17, 15) is 0 Å². The molecule has 0 aliphatic carbocycles. The summed E-state index contributed by atoms with van der Waals surface area (Å²) >= 11 is 7.44. The molecule has 2 N–H and O–H groups in total. The van der Waals surface area contributed by atoms with Crippen LogP contribution in [0.2, 0.25) is 5.15 Å². The van der Waals surface area contributed by atoms with Crippen molar-refractivity contribution in [2.75, 3.05) is 5.73 Å². The predicted octanol–water partition coefficient (Wildman–Crippen LogP) is 2.71. The Labute approximate surface area is 109 Å². The van der Waals surface area contributed by atoms with Crippen molar-refractivity contribution < 1.29 is 0 Å². The Balaban J connectivity index is 2.10. The van der Waals surface area contributed by atoms with Gasteiger partial charge in [-0.3, -0.25) is 4.98 Å². The fourth-order valence-corrected chi connectivity index (χ4v) is 2.37. The molecule has 0 aliphatic rings. The standard InChI is InChI=1S/C11H11ClN4S/c1-7-4-10(12)16-11(15-7)6-17-9-2-3-14-5-8(9)13/h2-5H,6,13H2,1H3. The van der Waals surface area contributed by atoms with Crippen LogP contribution in [0.5, 0.6) is 0 Å². The predicted molar refractivity (Wildman–Crippen MR) is 70.0 cm³/mol. The Morgan fingerprint density at radius 2 is 2.24 bits per heavy atom. The molecule has 88 valence electrons. The number of pyridine rings is 1. The second-order valence-electron chi connectivity index (χ2n) is 3.45. The number of aromatic nitrogens is 3. The van der Waals surface area contributed by atoms with E-state index in [0.717, 1.165) is 10.6 Å². The molecular formula is C11H11ClN4S. The monoisotopic (exact) mass is 266 g/mol. The van der Waals surface area contributed by atoms with Crippen LogP contribution in [0, 0.1) is 6.92 Å². The highest BCUT2D eigenvalue weighted by molar-refractivity contribution is 7.98. The van der Waals surface area contributed by atoms with Gasteiger partial charge in [-0.15, -0.1) is 11.8 Å². The van der Waals surface area contributed by atoms with Gasteiger partial charge in [-0.1, -0.05) is 11.6 Å². The van der Waals surface area contributed by atoms with Gasteiger partial charge in [0.15, 0.2) is 0 Å². The highest BCUT2D eigenvalue weighted by Gasteiger charge is 2.04. The van der Waals surface area contributed by atoms with Gasteiger partial charge in [0, 0.05) is 16.8 Å². The second kappa shape index (κ2) is 5.33. The lowest BCUT2D eigenvalue weighted by Crippen LogP contribution is -1.96. The van der Waals surface area contributed by atoms with Crippen LogP contribution in [0.1, 0.15) is 11.5 Å². The summed E-state index contributed by atoms with van der Waals surface area (Å²) in [6.45, 7) is 1.89. The number of hydrogen-bond donors (Lipinski definition) is 1. The quantitative estimate of drug-likeness (QED) is 0.684. The average molecular weight is 267 g/mol. The zero-order valence-corrected chi connectivity index (χ0v) is 10.8. The van der Waals surface area contributed by atoms with Crippen LogP contribution in [-0.2, 0) is 5.75 Å². The minimum atomic E-state index is 0.468. The van der Waals surface area contributed by atoms with Crippen LogP contribution in [0.4, 0.5) is 5.69 Å². The summed E-state index contributed by atoms with van der Waals surface area (Å²) in [4.78, 5) is 13.4. The second-order valence-corrected chi connectivity index (χ2v) is 4.85. The summed E-state index contributed by atoms with van der Waals surface area (Å²) in [5.74, 6) is 1.34. The molecule has 0 spiro atoms. The minimum absolute atomic E-state index is 0.468. The molecule has 6 heteroatoms. The van der Waals surface area contributed by atoms with E-state index >= 15 is 0 Å². The Hall–Kier alpha value is -1.33. The molecule has 0 fully saturated rings. The minimum Gasteiger partial charge on any atom is -0.397 e. The lowest BCUT2D eigenvalue weighted by molar-refractivity contribution is 0.996. The van der Waals surface area contributed by atoms with Gasteiger partial charge < -0.3 is 5.73 Å². The van der Waals surface area contributed by atoms with Crippen LogP contribution in [-0.4, -0.2) is 15.0 Å². The summed E-state index contributed by atoms with van der Waals surface area (Å²) in [6, 6.07) is 3.61. The first-order valence-corrected chi connectivity index (χ1v) is 6.34. The summed E-state index contributed by atoms with van der Waals surface area (Å²) < 4.78 is 0. The third-order valence-corrected chi connectivity index (χ3v) is 3.32. The summed E-state index contributed by atoms with van der Waals surface area (Å²) in [6.07, 6.45) is 3.34. The van der Waals surface area contributed by atoms with Crippen molar-refractivity contribution in [2.45, 2.75) is 17.6 Å². The molecule has 2 rings (SSSR count). The number of aryl methyl sites for hydroxylation is 1. The number of nitrogens with two attached hydrogens (primary N) is 1. The van der Waals surface area contributed by atoms with Crippen LogP contribution in [0.15, 0.2) is 29.4 Å². The van der Waals surface area contributed by atoms with Crippen LogP contribution < -0.4 is 5.73 Å². The largest absolute Gasteiger partial charge is 0.397 e. The molecule has 0 aromatic carbocycles. The molecular weight excluding hydrogens is 256 g/mol. The summed E-state index contributed by atoms with van der Waals surface area (Å²) in [7, 11) is 0. The Morgan fingerprint density at radius 1 is 1.41 bits per heavy atom. The van der Waals surface area contributed by atoms with E-state index in [2.05, 4.69) is 15.0 Å². The van der Waals surface area contributed by atoms with E-state index in [1.165, 1.54) is 0 Å². The third-order valence-electron chi connectivity index (χ3n) is 2.04. The van der Waals surface area contributed by atoms with Crippen molar-refractivity contribution in [2.24, 2.45) is 0 Å². The van der Waals surface area contributed by atoms with Crippen LogP contribution >= 0.6 is 23.4 Å². The van der Waals surface area contributed by atoms with Gasteiger partial charge in [0.05, 0.1) is 17.6 Å². The maximum Gasteiger partial charge on any atom is 0.140 e. The molecule has 17 heavy (non-hydrogen) atoms. The van der Waals surface area contributed by atoms with E-state index in [-0.39, 0.29) is 0 Å². The molecule has 0 atom stereocenters. The molecule has 0 bridgehead atoms. The van der Waals surface area contributed by atoms with Gasteiger partial charge in [0.1, 0.15) is 11.0 Å². The van der Waals surface area contributed by atoms with Gasteiger partial charge in [0.2, 0.25) is 0 Å². The fraction of sp³-hybridized carbons (Fsp3) is 0.182. The number of rotatable bonds is 3. The lowest BCUT2D eigenvalue weighted by Gasteiger charge is -2.04. The molecule has 0 saturated heterocycles. The number of anilines is 1. The SMILES string of the molecule is Cc1cc(Cl)nc(CSc2ccncc2N)n1. The van der Waals surface area contributed by atoms with Crippen LogP contribution in [0.3, 0.4) is 0 Å².